The Kier molecular flexibility index (Phi) is 7.33. The van der Waals surface area contributed by atoms with Gasteiger partial charge in [0.2, 0.25) is 5.91 Å². The van der Waals surface area contributed by atoms with Crippen molar-refractivity contribution in [2.45, 2.75) is 26.7 Å². The van der Waals surface area contributed by atoms with Crippen LogP contribution in [0.1, 0.15) is 24.5 Å². The highest BCUT2D eigenvalue weighted by molar-refractivity contribution is 5.76. The number of para-hydroxylation sites is 1. The number of anilines is 1. The molecule has 0 aliphatic rings. The first-order chi connectivity index (χ1) is 12.1. The summed E-state index contributed by atoms with van der Waals surface area (Å²) in [5.41, 5.74) is 3.61. The van der Waals surface area contributed by atoms with E-state index in [4.69, 9.17) is 4.74 Å². The Morgan fingerprint density at radius 3 is 2.68 bits per heavy atom. The smallest absolute Gasteiger partial charge is 0.220 e. The summed E-state index contributed by atoms with van der Waals surface area (Å²) in [6, 6.07) is 16.2. The van der Waals surface area contributed by atoms with Crippen LogP contribution in [0.5, 0.6) is 5.75 Å². The van der Waals surface area contributed by atoms with Gasteiger partial charge < -0.3 is 15.0 Å². The SMILES string of the molecule is CCN(CCNC(=O)CCc1cccc(OC)c1)c1ccccc1C. The Labute approximate surface area is 150 Å². The third-order valence-electron chi connectivity index (χ3n) is 4.32. The molecular weight excluding hydrogens is 312 g/mol. The van der Waals surface area contributed by atoms with Crippen molar-refractivity contribution < 1.29 is 9.53 Å². The van der Waals surface area contributed by atoms with Crippen LogP contribution < -0.4 is 15.0 Å². The molecule has 0 aromatic heterocycles. The molecule has 2 aromatic rings. The number of benzene rings is 2. The Morgan fingerprint density at radius 2 is 1.96 bits per heavy atom. The van der Waals surface area contributed by atoms with Crippen LogP contribution >= 0.6 is 0 Å². The van der Waals surface area contributed by atoms with Crippen molar-refractivity contribution in [1.29, 1.82) is 0 Å². The van der Waals surface area contributed by atoms with Gasteiger partial charge in [0.05, 0.1) is 7.11 Å². The number of rotatable bonds is 9. The molecule has 0 aliphatic heterocycles. The molecule has 25 heavy (non-hydrogen) atoms. The number of carbonyl (C=O) groups excluding carboxylic acids is 1. The minimum Gasteiger partial charge on any atom is -0.497 e. The van der Waals surface area contributed by atoms with Gasteiger partial charge in [-0.25, -0.2) is 0 Å². The predicted octanol–water partition coefficient (Wildman–Crippen LogP) is 3.58. The molecule has 134 valence electrons. The van der Waals surface area contributed by atoms with E-state index < -0.39 is 0 Å². The molecule has 0 spiro atoms. The van der Waals surface area contributed by atoms with Crippen LogP contribution in [0, 0.1) is 6.92 Å². The number of amides is 1. The Balaban J connectivity index is 1.76. The molecule has 0 saturated carbocycles. The minimum absolute atomic E-state index is 0.0867. The van der Waals surface area contributed by atoms with E-state index in [0.29, 0.717) is 13.0 Å². The third kappa shape index (κ3) is 5.82. The van der Waals surface area contributed by atoms with Crippen LogP contribution in [0.15, 0.2) is 48.5 Å². The monoisotopic (exact) mass is 340 g/mol. The summed E-state index contributed by atoms with van der Waals surface area (Å²) < 4.78 is 5.21. The van der Waals surface area contributed by atoms with Gasteiger partial charge in [-0.1, -0.05) is 30.3 Å². The van der Waals surface area contributed by atoms with Crippen LogP contribution in [-0.4, -0.2) is 32.7 Å². The lowest BCUT2D eigenvalue weighted by Crippen LogP contribution is -2.35. The van der Waals surface area contributed by atoms with Crippen molar-refractivity contribution in [2.75, 3.05) is 31.6 Å². The summed E-state index contributed by atoms with van der Waals surface area (Å²) in [5.74, 6) is 0.915. The van der Waals surface area contributed by atoms with Crippen molar-refractivity contribution >= 4 is 11.6 Å². The zero-order chi connectivity index (χ0) is 18.1. The Morgan fingerprint density at radius 1 is 1.16 bits per heavy atom. The van der Waals surface area contributed by atoms with E-state index in [1.807, 2.05) is 30.3 Å². The molecule has 1 amide bonds. The van der Waals surface area contributed by atoms with Crippen molar-refractivity contribution in [3.8, 4) is 5.75 Å². The maximum absolute atomic E-state index is 12.1. The number of aryl methyl sites for hydroxylation is 2. The predicted molar refractivity (Wildman–Crippen MR) is 103 cm³/mol. The average Bonchev–Trinajstić information content (AvgIpc) is 2.64. The van der Waals surface area contributed by atoms with E-state index in [-0.39, 0.29) is 5.91 Å². The first-order valence-corrected chi connectivity index (χ1v) is 8.84. The highest BCUT2D eigenvalue weighted by Gasteiger charge is 2.08. The number of methoxy groups -OCH3 is 1. The van der Waals surface area contributed by atoms with Gasteiger partial charge in [0.1, 0.15) is 5.75 Å². The molecule has 0 fully saturated rings. The molecule has 0 unspecified atom stereocenters. The maximum Gasteiger partial charge on any atom is 0.220 e. The van der Waals surface area contributed by atoms with Gasteiger partial charge in [-0.2, -0.15) is 0 Å². The summed E-state index contributed by atoms with van der Waals surface area (Å²) in [5, 5.41) is 3.02. The lowest BCUT2D eigenvalue weighted by molar-refractivity contribution is -0.120. The molecule has 0 heterocycles. The van der Waals surface area contributed by atoms with Crippen molar-refractivity contribution in [2.24, 2.45) is 0 Å². The van der Waals surface area contributed by atoms with Crippen molar-refractivity contribution in [3.05, 3.63) is 59.7 Å². The van der Waals surface area contributed by atoms with E-state index >= 15 is 0 Å². The fraction of sp³-hybridized carbons (Fsp3) is 0.381. The second-order valence-electron chi connectivity index (χ2n) is 6.07. The quantitative estimate of drug-likeness (QED) is 0.759. The summed E-state index contributed by atoms with van der Waals surface area (Å²) in [6.45, 7) is 6.64. The summed E-state index contributed by atoms with van der Waals surface area (Å²) in [6.07, 6.45) is 1.21. The number of likely N-dealkylation sites (N-methyl/N-ethyl adjacent to an activating group) is 1. The van der Waals surface area contributed by atoms with Gasteiger partial charge in [0.25, 0.3) is 0 Å². The van der Waals surface area contributed by atoms with Crippen LogP contribution in [0.25, 0.3) is 0 Å². The molecule has 0 aliphatic carbocycles. The molecule has 2 aromatic carbocycles. The molecule has 4 nitrogen and oxygen atoms in total. The van der Waals surface area contributed by atoms with Crippen molar-refractivity contribution in [1.82, 2.24) is 5.32 Å². The van der Waals surface area contributed by atoms with Gasteiger partial charge >= 0.3 is 0 Å². The molecule has 0 saturated heterocycles. The first-order valence-electron chi connectivity index (χ1n) is 8.84. The van der Waals surface area contributed by atoms with E-state index in [2.05, 4.69) is 42.3 Å². The normalized spacial score (nSPS) is 10.4. The number of nitrogens with zero attached hydrogens (tertiary/aromatic N) is 1. The molecule has 2 rings (SSSR count). The minimum atomic E-state index is 0.0867. The van der Waals surface area contributed by atoms with Crippen LogP contribution in [-0.2, 0) is 11.2 Å². The standard InChI is InChI=1S/C21H28N2O2/c1-4-23(20-11-6-5-8-17(20)2)15-14-22-21(24)13-12-18-9-7-10-19(16-18)25-3/h5-11,16H,4,12-15H2,1-3H3,(H,22,24). The molecule has 4 heteroatoms. The van der Waals surface area contributed by atoms with E-state index in [0.717, 1.165) is 30.8 Å². The fourth-order valence-electron chi connectivity index (χ4n) is 2.87. The van der Waals surface area contributed by atoms with E-state index in [1.165, 1.54) is 11.3 Å². The van der Waals surface area contributed by atoms with Gasteiger partial charge in [0, 0.05) is 31.7 Å². The van der Waals surface area contributed by atoms with E-state index in [1.54, 1.807) is 7.11 Å². The maximum atomic E-state index is 12.1. The zero-order valence-corrected chi connectivity index (χ0v) is 15.4. The number of nitrogens with one attached hydrogen (secondary N) is 1. The Hall–Kier alpha value is -2.49. The van der Waals surface area contributed by atoms with Gasteiger partial charge in [-0.15, -0.1) is 0 Å². The second kappa shape index (κ2) is 9.72. The summed E-state index contributed by atoms with van der Waals surface area (Å²) >= 11 is 0. The summed E-state index contributed by atoms with van der Waals surface area (Å²) in [4.78, 5) is 14.4. The van der Waals surface area contributed by atoms with Crippen LogP contribution in [0.3, 0.4) is 0 Å². The van der Waals surface area contributed by atoms with Gasteiger partial charge in [-0.3, -0.25) is 4.79 Å². The fourth-order valence-corrected chi connectivity index (χ4v) is 2.87. The highest BCUT2D eigenvalue weighted by atomic mass is 16.5. The Bertz CT molecular complexity index is 685. The topological polar surface area (TPSA) is 41.6 Å². The lowest BCUT2D eigenvalue weighted by Gasteiger charge is -2.25. The lowest BCUT2D eigenvalue weighted by atomic mass is 10.1. The van der Waals surface area contributed by atoms with Gasteiger partial charge in [-0.05, 0) is 49.6 Å². The van der Waals surface area contributed by atoms with Gasteiger partial charge in [0.15, 0.2) is 0 Å². The van der Waals surface area contributed by atoms with Crippen LogP contribution in [0.2, 0.25) is 0 Å². The average molecular weight is 340 g/mol. The molecule has 0 atom stereocenters. The zero-order valence-electron chi connectivity index (χ0n) is 15.4. The number of ether oxygens (including phenoxy) is 1. The summed E-state index contributed by atoms with van der Waals surface area (Å²) in [7, 11) is 1.65. The first kappa shape index (κ1) is 18.8. The van der Waals surface area contributed by atoms with Crippen molar-refractivity contribution in [3.63, 3.8) is 0 Å². The molecular formula is C21H28N2O2. The number of hydrogen-bond donors (Lipinski definition) is 1. The molecule has 0 bridgehead atoms. The van der Waals surface area contributed by atoms with Crippen LogP contribution in [0.4, 0.5) is 5.69 Å². The number of carbonyl (C=O) groups is 1. The second-order valence-corrected chi connectivity index (χ2v) is 6.07. The third-order valence-corrected chi connectivity index (χ3v) is 4.32. The van der Waals surface area contributed by atoms with E-state index in [9.17, 15) is 4.79 Å². The number of hydrogen-bond acceptors (Lipinski definition) is 3. The largest absolute Gasteiger partial charge is 0.497 e. The molecule has 0 radical (unpaired) electrons. The molecule has 1 N–H and O–H groups in total. The highest BCUT2D eigenvalue weighted by Crippen LogP contribution is 2.18.